The van der Waals surface area contributed by atoms with Crippen LogP contribution in [-0.4, -0.2) is 30.7 Å². The van der Waals surface area contributed by atoms with E-state index in [0.29, 0.717) is 0 Å². The van der Waals surface area contributed by atoms with Crippen LogP contribution >= 0.6 is 0 Å². The van der Waals surface area contributed by atoms with Gasteiger partial charge in [0.15, 0.2) is 0 Å². The van der Waals surface area contributed by atoms with E-state index >= 15 is 0 Å². The summed E-state index contributed by atoms with van der Waals surface area (Å²) in [5.41, 5.74) is 0. The molecule has 0 radical (unpaired) electrons. The molecule has 0 saturated heterocycles. The fraction of sp³-hybridized carbons (Fsp3) is 1.00. The lowest BCUT2D eigenvalue weighted by atomic mass is 10.3. The van der Waals surface area contributed by atoms with E-state index in [1.165, 1.54) is 37.1 Å². The summed E-state index contributed by atoms with van der Waals surface area (Å²) in [5.74, 6) is 0. The molecule has 10 heavy (non-hydrogen) atoms. The van der Waals surface area contributed by atoms with Crippen molar-refractivity contribution in [2.45, 2.75) is 34.1 Å². The molecule has 62 valence electrons. The first kappa shape index (κ1) is 9.96. The van der Waals surface area contributed by atoms with Crippen LogP contribution in [0.25, 0.3) is 0 Å². The van der Waals surface area contributed by atoms with Gasteiger partial charge in [-0.05, 0) is 27.2 Å². The smallest absolute Gasteiger partial charge is 0.0783 e. The number of hydrogen-bond acceptors (Lipinski definition) is 0. The van der Waals surface area contributed by atoms with Gasteiger partial charge < -0.3 is 4.48 Å². The van der Waals surface area contributed by atoms with Crippen molar-refractivity contribution in [3.63, 3.8) is 0 Å². The van der Waals surface area contributed by atoms with Crippen LogP contribution in [0.15, 0.2) is 0 Å². The predicted molar refractivity (Wildman–Crippen MR) is 47.0 cm³/mol. The van der Waals surface area contributed by atoms with Gasteiger partial charge in [0.25, 0.3) is 0 Å². The molecule has 0 spiro atoms. The SMILES string of the molecule is CCC[N+](CC)(CC)CC. The molecule has 0 bridgehead atoms. The molecule has 0 amide bonds. The van der Waals surface area contributed by atoms with E-state index in [4.69, 9.17) is 0 Å². The lowest BCUT2D eigenvalue weighted by Gasteiger charge is -2.35. The van der Waals surface area contributed by atoms with Gasteiger partial charge in [0.2, 0.25) is 0 Å². The molecular weight excluding hydrogens is 122 g/mol. The van der Waals surface area contributed by atoms with E-state index < -0.39 is 0 Å². The summed E-state index contributed by atoms with van der Waals surface area (Å²) < 4.78 is 1.30. The average molecular weight is 144 g/mol. The minimum atomic E-state index is 1.29. The first-order chi connectivity index (χ1) is 4.74. The van der Waals surface area contributed by atoms with Gasteiger partial charge in [-0.25, -0.2) is 0 Å². The molecule has 0 saturated carbocycles. The van der Waals surface area contributed by atoms with Gasteiger partial charge in [0.1, 0.15) is 0 Å². The Morgan fingerprint density at radius 3 is 1.30 bits per heavy atom. The zero-order valence-corrected chi connectivity index (χ0v) is 7.98. The second-order valence-corrected chi connectivity index (χ2v) is 3.01. The van der Waals surface area contributed by atoms with E-state index in [1.807, 2.05) is 0 Å². The zero-order valence-electron chi connectivity index (χ0n) is 7.98. The highest BCUT2D eigenvalue weighted by Crippen LogP contribution is 2.06. The molecule has 1 nitrogen and oxygen atoms in total. The van der Waals surface area contributed by atoms with Crippen molar-refractivity contribution in [1.29, 1.82) is 0 Å². The quantitative estimate of drug-likeness (QED) is 0.519. The third kappa shape index (κ3) is 2.30. The monoisotopic (exact) mass is 144 g/mol. The minimum absolute atomic E-state index is 1.29. The van der Waals surface area contributed by atoms with Crippen molar-refractivity contribution in [3.8, 4) is 0 Å². The van der Waals surface area contributed by atoms with Crippen molar-refractivity contribution in [2.75, 3.05) is 26.2 Å². The Labute approximate surface area is 65.6 Å². The van der Waals surface area contributed by atoms with Gasteiger partial charge in [-0.3, -0.25) is 0 Å². The Bertz CT molecular complexity index is 66.5. The Morgan fingerprint density at radius 2 is 1.20 bits per heavy atom. The van der Waals surface area contributed by atoms with E-state index in [2.05, 4.69) is 27.7 Å². The van der Waals surface area contributed by atoms with Gasteiger partial charge in [0, 0.05) is 0 Å². The maximum Gasteiger partial charge on any atom is 0.0783 e. The fourth-order valence-corrected chi connectivity index (χ4v) is 1.62. The van der Waals surface area contributed by atoms with Crippen LogP contribution in [0, 0.1) is 0 Å². The molecule has 0 unspecified atom stereocenters. The largest absolute Gasteiger partial charge is 0.324 e. The summed E-state index contributed by atoms with van der Waals surface area (Å²) in [6.45, 7) is 14.4. The minimum Gasteiger partial charge on any atom is -0.324 e. The van der Waals surface area contributed by atoms with E-state index in [1.54, 1.807) is 0 Å². The van der Waals surface area contributed by atoms with E-state index in [9.17, 15) is 0 Å². The molecule has 0 aliphatic heterocycles. The third-order valence-corrected chi connectivity index (χ3v) is 2.71. The van der Waals surface area contributed by atoms with Gasteiger partial charge in [-0.1, -0.05) is 6.92 Å². The summed E-state index contributed by atoms with van der Waals surface area (Å²) in [6, 6.07) is 0. The molecule has 0 aromatic rings. The lowest BCUT2D eigenvalue weighted by Crippen LogP contribution is -2.47. The molecule has 0 fully saturated rings. The maximum atomic E-state index is 2.29. The number of hydrogen-bond donors (Lipinski definition) is 0. The normalized spacial score (nSPS) is 12.0. The highest BCUT2D eigenvalue weighted by Gasteiger charge is 2.17. The highest BCUT2D eigenvalue weighted by atomic mass is 15.3. The predicted octanol–water partition coefficient (Wildman–Crippen LogP) is 2.27. The van der Waals surface area contributed by atoms with Crippen LogP contribution in [-0.2, 0) is 0 Å². The second kappa shape index (κ2) is 4.73. The van der Waals surface area contributed by atoms with Gasteiger partial charge in [-0.15, -0.1) is 0 Å². The van der Waals surface area contributed by atoms with Crippen LogP contribution in [0.4, 0.5) is 0 Å². The Kier molecular flexibility index (Phi) is 4.71. The highest BCUT2D eigenvalue weighted by molar-refractivity contribution is 4.35. The number of nitrogens with zero attached hydrogens (tertiary/aromatic N) is 1. The molecule has 0 aliphatic rings. The summed E-state index contributed by atoms with van der Waals surface area (Å²) in [6.07, 6.45) is 1.32. The van der Waals surface area contributed by atoms with E-state index in [0.717, 1.165) is 0 Å². The Hall–Kier alpha value is -0.0400. The summed E-state index contributed by atoms with van der Waals surface area (Å²) in [4.78, 5) is 0. The van der Waals surface area contributed by atoms with Crippen molar-refractivity contribution < 1.29 is 4.48 Å². The summed E-state index contributed by atoms with van der Waals surface area (Å²) in [5, 5.41) is 0. The van der Waals surface area contributed by atoms with Gasteiger partial charge in [0.05, 0.1) is 26.2 Å². The standard InChI is InChI=1S/C9H22N/c1-5-9-10(6-2,7-3)8-4/h5-9H2,1-4H3/q+1. The van der Waals surface area contributed by atoms with Crippen molar-refractivity contribution >= 4 is 0 Å². The molecule has 0 aromatic carbocycles. The molecule has 0 N–H and O–H groups in total. The first-order valence-corrected chi connectivity index (χ1v) is 4.59. The maximum absolute atomic E-state index is 2.29. The molecule has 1 heteroatoms. The van der Waals surface area contributed by atoms with Gasteiger partial charge in [-0.2, -0.15) is 0 Å². The molecule has 0 rings (SSSR count). The molecule has 0 atom stereocenters. The van der Waals surface area contributed by atoms with Gasteiger partial charge >= 0.3 is 0 Å². The summed E-state index contributed by atoms with van der Waals surface area (Å²) in [7, 11) is 0. The zero-order chi connectivity index (χ0) is 8.04. The average Bonchev–Trinajstić information content (AvgIpc) is 2.01. The second-order valence-electron chi connectivity index (χ2n) is 3.01. The lowest BCUT2D eigenvalue weighted by molar-refractivity contribution is -0.923. The third-order valence-electron chi connectivity index (χ3n) is 2.71. The van der Waals surface area contributed by atoms with Crippen LogP contribution in [0.3, 0.4) is 0 Å². The van der Waals surface area contributed by atoms with Crippen molar-refractivity contribution in [3.05, 3.63) is 0 Å². The first-order valence-electron chi connectivity index (χ1n) is 4.59. The van der Waals surface area contributed by atoms with Crippen LogP contribution in [0.5, 0.6) is 0 Å². The van der Waals surface area contributed by atoms with Crippen LogP contribution < -0.4 is 0 Å². The number of quaternary nitrogens is 1. The van der Waals surface area contributed by atoms with Crippen LogP contribution in [0.1, 0.15) is 34.1 Å². The summed E-state index contributed by atoms with van der Waals surface area (Å²) >= 11 is 0. The van der Waals surface area contributed by atoms with Crippen LogP contribution in [0.2, 0.25) is 0 Å². The molecule has 0 heterocycles. The Balaban J connectivity index is 3.87. The fourth-order valence-electron chi connectivity index (χ4n) is 1.62. The van der Waals surface area contributed by atoms with Crippen molar-refractivity contribution in [2.24, 2.45) is 0 Å². The molecular formula is C9H22N+. The van der Waals surface area contributed by atoms with Crippen molar-refractivity contribution in [1.82, 2.24) is 0 Å². The Morgan fingerprint density at radius 1 is 0.800 bits per heavy atom. The van der Waals surface area contributed by atoms with E-state index in [-0.39, 0.29) is 0 Å². The molecule has 0 aromatic heterocycles. The number of rotatable bonds is 5. The topological polar surface area (TPSA) is 0 Å². The molecule has 0 aliphatic carbocycles.